The summed E-state index contributed by atoms with van der Waals surface area (Å²) in [5, 5.41) is 5.98. The lowest BCUT2D eigenvalue weighted by Crippen LogP contribution is -2.36. The Balaban J connectivity index is 1.60. The van der Waals surface area contributed by atoms with Crippen LogP contribution in [-0.2, 0) is 4.74 Å². The van der Waals surface area contributed by atoms with Crippen LogP contribution >= 0.6 is 12.2 Å². The van der Waals surface area contributed by atoms with Crippen molar-refractivity contribution in [2.75, 3.05) is 43.6 Å². The molecule has 6 nitrogen and oxygen atoms in total. The van der Waals surface area contributed by atoms with Gasteiger partial charge in [0.1, 0.15) is 5.75 Å². The van der Waals surface area contributed by atoms with Gasteiger partial charge in [0.15, 0.2) is 5.11 Å². The third-order valence-electron chi connectivity index (χ3n) is 4.39. The summed E-state index contributed by atoms with van der Waals surface area (Å²) in [6.45, 7) is 5.17. The second-order valence-electron chi connectivity index (χ2n) is 6.21. The van der Waals surface area contributed by atoms with Gasteiger partial charge in [-0.1, -0.05) is 12.1 Å². The summed E-state index contributed by atoms with van der Waals surface area (Å²) in [6, 6.07) is 13.4. The van der Waals surface area contributed by atoms with Crippen molar-refractivity contribution in [3.63, 3.8) is 0 Å². The van der Waals surface area contributed by atoms with Crippen molar-refractivity contribution in [3.8, 4) is 5.75 Å². The van der Waals surface area contributed by atoms with Gasteiger partial charge in [0.05, 0.1) is 25.9 Å². The van der Waals surface area contributed by atoms with Crippen LogP contribution < -0.4 is 20.3 Å². The van der Waals surface area contributed by atoms with Gasteiger partial charge < -0.3 is 19.7 Å². The average Bonchev–Trinajstić information content (AvgIpc) is 2.69. The second-order valence-corrected chi connectivity index (χ2v) is 6.62. The van der Waals surface area contributed by atoms with E-state index < -0.39 is 0 Å². The minimum atomic E-state index is -0.307. The number of carbonyl (C=O) groups is 1. The predicted molar refractivity (Wildman–Crippen MR) is 111 cm³/mol. The van der Waals surface area contributed by atoms with E-state index in [4.69, 9.17) is 21.7 Å². The Morgan fingerprint density at radius 1 is 1.15 bits per heavy atom. The quantitative estimate of drug-likeness (QED) is 0.789. The maximum absolute atomic E-state index is 12.5. The smallest absolute Gasteiger partial charge is 0.261 e. The maximum atomic E-state index is 12.5. The zero-order valence-electron chi connectivity index (χ0n) is 15.5. The summed E-state index contributed by atoms with van der Waals surface area (Å²) in [4.78, 5) is 14.8. The largest absolute Gasteiger partial charge is 0.496 e. The lowest BCUT2D eigenvalue weighted by molar-refractivity contribution is 0.0974. The van der Waals surface area contributed by atoms with E-state index in [1.54, 1.807) is 13.2 Å². The number of aryl methyl sites for hydroxylation is 1. The van der Waals surface area contributed by atoms with Crippen LogP contribution in [-0.4, -0.2) is 44.4 Å². The fraction of sp³-hybridized carbons (Fsp3) is 0.300. The molecule has 1 saturated heterocycles. The normalized spacial score (nSPS) is 13.8. The van der Waals surface area contributed by atoms with Gasteiger partial charge in [-0.15, -0.1) is 0 Å². The van der Waals surface area contributed by atoms with Crippen LogP contribution in [0.2, 0.25) is 0 Å². The van der Waals surface area contributed by atoms with Crippen LogP contribution in [0, 0.1) is 6.92 Å². The average molecular weight is 385 g/mol. The number of anilines is 2. The Morgan fingerprint density at radius 3 is 2.52 bits per heavy atom. The molecule has 0 spiro atoms. The number of rotatable bonds is 4. The molecule has 1 heterocycles. The highest BCUT2D eigenvalue weighted by atomic mass is 32.1. The Bertz CT molecular complexity index is 818. The molecule has 2 aromatic carbocycles. The molecule has 27 heavy (non-hydrogen) atoms. The van der Waals surface area contributed by atoms with Gasteiger partial charge in [-0.2, -0.15) is 0 Å². The van der Waals surface area contributed by atoms with E-state index in [1.165, 1.54) is 0 Å². The molecule has 142 valence electrons. The topological polar surface area (TPSA) is 62.8 Å². The summed E-state index contributed by atoms with van der Waals surface area (Å²) in [5.41, 5.74) is 3.30. The summed E-state index contributed by atoms with van der Waals surface area (Å²) < 4.78 is 10.7. The van der Waals surface area contributed by atoms with E-state index in [0.717, 1.165) is 43.2 Å². The van der Waals surface area contributed by atoms with Crippen LogP contribution in [0.5, 0.6) is 5.75 Å². The second kappa shape index (κ2) is 8.83. The van der Waals surface area contributed by atoms with Gasteiger partial charge in [-0.05, 0) is 55.0 Å². The highest BCUT2D eigenvalue weighted by Gasteiger charge is 2.15. The molecule has 0 aromatic heterocycles. The lowest BCUT2D eigenvalue weighted by Gasteiger charge is -2.28. The molecule has 1 aliphatic rings. The van der Waals surface area contributed by atoms with Crippen LogP contribution in [0.25, 0.3) is 0 Å². The standard InChI is InChI=1S/C20H23N3O3S/c1-14-4-3-5-17(18(14)25-2)19(24)22-20(27)21-15-6-8-16(9-7-15)23-10-12-26-13-11-23/h3-9H,10-13H2,1-2H3,(H2,21,22,24,27). The number of thiocarbonyl (C=S) groups is 1. The summed E-state index contributed by atoms with van der Waals surface area (Å²) in [6.07, 6.45) is 0. The van der Waals surface area contributed by atoms with Crippen molar-refractivity contribution in [2.24, 2.45) is 0 Å². The van der Waals surface area contributed by atoms with E-state index in [2.05, 4.69) is 15.5 Å². The highest BCUT2D eigenvalue weighted by molar-refractivity contribution is 7.80. The highest BCUT2D eigenvalue weighted by Crippen LogP contribution is 2.23. The van der Waals surface area contributed by atoms with Crippen LogP contribution in [0.1, 0.15) is 15.9 Å². The molecule has 2 aromatic rings. The fourth-order valence-corrected chi connectivity index (χ4v) is 3.22. The van der Waals surface area contributed by atoms with Crippen molar-refractivity contribution in [2.45, 2.75) is 6.92 Å². The number of hydrogen-bond donors (Lipinski definition) is 2. The molecule has 0 atom stereocenters. The molecule has 1 amide bonds. The number of nitrogens with one attached hydrogen (secondary N) is 2. The van der Waals surface area contributed by atoms with Gasteiger partial charge in [0.2, 0.25) is 0 Å². The van der Waals surface area contributed by atoms with Crippen molar-refractivity contribution in [3.05, 3.63) is 53.6 Å². The first-order valence-electron chi connectivity index (χ1n) is 8.77. The van der Waals surface area contributed by atoms with Gasteiger partial charge in [0, 0.05) is 24.5 Å². The molecule has 0 bridgehead atoms. The van der Waals surface area contributed by atoms with Crippen molar-refractivity contribution in [1.82, 2.24) is 5.32 Å². The minimum Gasteiger partial charge on any atom is -0.496 e. The molecular weight excluding hydrogens is 362 g/mol. The number of para-hydroxylation sites is 1. The summed E-state index contributed by atoms with van der Waals surface area (Å²) in [5.74, 6) is 0.241. The number of nitrogens with zero attached hydrogens (tertiary/aromatic N) is 1. The van der Waals surface area contributed by atoms with Gasteiger partial charge in [-0.3, -0.25) is 10.1 Å². The van der Waals surface area contributed by atoms with E-state index in [0.29, 0.717) is 11.3 Å². The van der Waals surface area contributed by atoms with Crippen LogP contribution in [0.15, 0.2) is 42.5 Å². The fourth-order valence-electron chi connectivity index (χ4n) is 3.01. The summed E-state index contributed by atoms with van der Waals surface area (Å²) >= 11 is 5.27. The minimum absolute atomic E-state index is 0.239. The van der Waals surface area contributed by atoms with E-state index in [1.807, 2.05) is 43.3 Å². The molecular formula is C20H23N3O3S. The lowest BCUT2D eigenvalue weighted by atomic mass is 10.1. The first-order chi connectivity index (χ1) is 13.1. The first kappa shape index (κ1) is 19.1. The number of morpholine rings is 1. The number of benzene rings is 2. The number of amides is 1. The number of methoxy groups -OCH3 is 1. The zero-order valence-corrected chi connectivity index (χ0v) is 16.3. The van der Waals surface area contributed by atoms with Gasteiger partial charge in [0.25, 0.3) is 5.91 Å². The van der Waals surface area contributed by atoms with E-state index >= 15 is 0 Å². The van der Waals surface area contributed by atoms with Crippen molar-refractivity contribution in [1.29, 1.82) is 0 Å². The monoisotopic (exact) mass is 385 g/mol. The third kappa shape index (κ3) is 4.75. The van der Waals surface area contributed by atoms with Crippen molar-refractivity contribution < 1.29 is 14.3 Å². The first-order valence-corrected chi connectivity index (χ1v) is 9.18. The molecule has 0 radical (unpaired) electrons. The third-order valence-corrected chi connectivity index (χ3v) is 4.59. The molecule has 2 N–H and O–H groups in total. The van der Waals surface area contributed by atoms with E-state index in [-0.39, 0.29) is 11.0 Å². The van der Waals surface area contributed by atoms with Gasteiger partial charge in [-0.25, -0.2) is 0 Å². The number of hydrogen-bond acceptors (Lipinski definition) is 5. The van der Waals surface area contributed by atoms with Crippen molar-refractivity contribution >= 4 is 34.6 Å². The Labute approximate surface area is 164 Å². The maximum Gasteiger partial charge on any atom is 0.261 e. The van der Waals surface area contributed by atoms with Gasteiger partial charge >= 0.3 is 0 Å². The zero-order chi connectivity index (χ0) is 19.2. The van der Waals surface area contributed by atoms with Crippen LogP contribution in [0.3, 0.4) is 0 Å². The molecule has 0 saturated carbocycles. The summed E-state index contributed by atoms with van der Waals surface area (Å²) in [7, 11) is 1.55. The van der Waals surface area contributed by atoms with E-state index in [9.17, 15) is 4.79 Å². The Hall–Kier alpha value is -2.64. The predicted octanol–water partition coefficient (Wildman–Crippen LogP) is 2.97. The molecule has 0 aliphatic carbocycles. The van der Waals surface area contributed by atoms with Crippen LogP contribution in [0.4, 0.5) is 11.4 Å². The number of carbonyl (C=O) groups excluding carboxylic acids is 1. The molecule has 3 rings (SSSR count). The number of ether oxygens (including phenoxy) is 2. The molecule has 1 aliphatic heterocycles. The molecule has 0 unspecified atom stereocenters. The Morgan fingerprint density at radius 2 is 1.85 bits per heavy atom. The Kier molecular flexibility index (Phi) is 6.26. The SMILES string of the molecule is COc1c(C)cccc1C(=O)NC(=S)Nc1ccc(N2CCOCC2)cc1. The molecule has 1 fully saturated rings. The molecule has 7 heteroatoms.